The Hall–Kier alpha value is -3.92. The summed E-state index contributed by atoms with van der Waals surface area (Å²) < 4.78 is 5.47. The van der Waals surface area contributed by atoms with E-state index in [9.17, 15) is 4.79 Å². The first-order chi connectivity index (χ1) is 22.3. The van der Waals surface area contributed by atoms with E-state index in [0.717, 1.165) is 57.5 Å². The molecule has 0 N–H and O–H groups in total. The van der Waals surface area contributed by atoms with Gasteiger partial charge in [-0.3, -0.25) is 9.79 Å². The lowest BCUT2D eigenvalue weighted by molar-refractivity contribution is -0.154. The van der Waals surface area contributed by atoms with Gasteiger partial charge in [0.05, 0.1) is 17.7 Å². The zero-order chi connectivity index (χ0) is 32.9. The molecule has 0 fully saturated rings. The van der Waals surface area contributed by atoms with Crippen LogP contribution in [0.5, 0.6) is 0 Å². The Morgan fingerprint density at radius 3 is 1.96 bits per heavy atom. The molecule has 0 aliphatic heterocycles. The smallest absolute Gasteiger partial charge is 0.311 e. The SMILES string of the molecule is CCN(CC)c1ccc(C(=C2C=CC(=NCCCCCCCCOC(=O)C(C)(C)CC)c3ccccc32)c2ccc(C)cc2)cc1. The highest BCUT2D eigenvalue weighted by atomic mass is 16.5. The van der Waals surface area contributed by atoms with Crippen molar-refractivity contribution in [1.29, 1.82) is 0 Å². The number of ether oxygens (including phenoxy) is 1. The van der Waals surface area contributed by atoms with Crippen LogP contribution in [0.25, 0.3) is 11.1 Å². The predicted molar refractivity (Wildman–Crippen MR) is 197 cm³/mol. The molecule has 0 aromatic heterocycles. The fourth-order valence-electron chi connectivity index (χ4n) is 5.89. The fourth-order valence-corrected chi connectivity index (χ4v) is 5.89. The number of hydrogen-bond acceptors (Lipinski definition) is 4. The highest BCUT2D eigenvalue weighted by Crippen LogP contribution is 2.38. The molecule has 0 saturated heterocycles. The Morgan fingerprint density at radius 2 is 1.33 bits per heavy atom. The second kappa shape index (κ2) is 17.1. The molecule has 0 unspecified atom stereocenters. The molecule has 3 aromatic carbocycles. The molecule has 1 aliphatic rings. The molecule has 4 nitrogen and oxygen atoms in total. The van der Waals surface area contributed by atoms with E-state index >= 15 is 0 Å². The van der Waals surface area contributed by atoms with Gasteiger partial charge < -0.3 is 9.64 Å². The van der Waals surface area contributed by atoms with Crippen LogP contribution in [0, 0.1) is 12.3 Å². The standard InChI is InChI=1S/C42H54N2O2/c1-7-42(5,6)41(45)46-31-17-13-11-10-12-16-30-43-39-29-28-38(36-18-14-15-19-37(36)39)40(33-22-20-32(4)21-23-33)34-24-26-35(27-25-34)44(8-2)9-3/h14-15,18-29H,7-13,16-17,30-31H2,1-6H3. The lowest BCUT2D eigenvalue weighted by Crippen LogP contribution is -2.26. The number of esters is 1. The van der Waals surface area contributed by atoms with Crippen molar-refractivity contribution < 1.29 is 9.53 Å². The lowest BCUT2D eigenvalue weighted by atomic mass is 9.83. The van der Waals surface area contributed by atoms with Gasteiger partial charge in [-0.05, 0) is 99.9 Å². The van der Waals surface area contributed by atoms with Gasteiger partial charge in [0.2, 0.25) is 0 Å². The molecule has 1 aliphatic carbocycles. The lowest BCUT2D eigenvalue weighted by Gasteiger charge is -2.23. The summed E-state index contributed by atoms with van der Waals surface area (Å²) in [7, 11) is 0. The molecule has 0 heterocycles. The van der Waals surface area contributed by atoms with Crippen LogP contribution >= 0.6 is 0 Å². The largest absolute Gasteiger partial charge is 0.465 e. The third-order valence-electron chi connectivity index (χ3n) is 9.30. The first-order valence-corrected chi connectivity index (χ1v) is 17.4. The van der Waals surface area contributed by atoms with Crippen LogP contribution in [0.1, 0.15) is 107 Å². The van der Waals surface area contributed by atoms with Crippen molar-refractivity contribution in [3.63, 3.8) is 0 Å². The van der Waals surface area contributed by atoms with Crippen molar-refractivity contribution in [2.24, 2.45) is 10.4 Å². The summed E-state index contributed by atoms with van der Waals surface area (Å²) in [5.74, 6) is -0.0778. The molecule has 0 amide bonds. The van der Waals surface area contributed by atoms with E-state index in [1.807, 2.05) is 20.8 Å². The van der Waals surface area contributed by atoms with E-state index in [1.165, 1.54) is 57.5 Å². The molecule has 0 radical (unpaired) electrons. The number of carbonyl (C=O) groups is 1. The van der Waals surface area contributed by atoms with Crippen molar-refractivity contribution in [1.82, 2.24) is 0 Å². The molecule has 4 heteroatoms. The van der Waals surface area contributed by atoms with E-state index < -0.39 is 0 Å². The highest BCUT2D eigenvalue weighted by Gasteiger charge is 2.26. The van der Waals surface area contributed by atoms with Crippen molar-refractivity contribution >= 4 is 28.5 Å². The van der Waals surface area contributed by atoms with E-state index in [1.54, 1.807) is 0 Å². The molecule has 3 aromatic rings. The molecule has 0 saturated carbocycles. The number of allylic oxidation sites excluding steroid dienone is 3. The molecular formula is C42H54N2O2. The minimum atomic E-state index is -0.381. The Labute approximate surface area is 278 Å². The van der Waals surface area contributed by atoms with E-state index in [-0.39, 0.29) is 11.4 Å². The maximum Gasteiger partial charge on any atom is 0.311 e. The van der Waals surface area contributed by atoms with Crippen LogP contribution in [0.2, 0.25) is 0 Å². The molecule has 46 heavy (non-hydrogen) atoms. The second-order valence-electron chi connectivity index (χ2n) is 13.0. The van der Waals surface area contributed by atoms with Crippen molar-refractivity contribution in [2.45, 2.75) is 86.5 Å². The number of aryl methyl sites for hydroxylation is 1. The number of hydrogen-bond donors (Lipinski definition) is 0. The number of fused-ring (bicyclic) bond motifs is 1. The van der Waals surface area contributed by atoms with Crippen molar-refractivity contribution in [3.8, 4) is 0 Å². The monoisotopic (exact) mass is 618 g/mol. The fraction of sp³-hybridized carbons (Fsp3) is 0.429. The van der Waals surface area contributed by atoms with Gasteiger partial charge >= 0.3 is 5.97 Å². The number of benzene rings is 3. The number of anilines is 1. The maximum atomic E-state index is 12.1. The van der Waals surface area contributed by atoms with E-state index in [0.29, 0.717) is 6.61 Å². The van der Waals surface area contributed by atoms with Crippen LogP contribution in [-0.4, -0.2) is 37.9 Å². The molecular weight excluding hydrogens is 564 g/mol. The normalized spacial score (nSPS) is 14.7. The Bertz CT molecular complexity index is 1510. The van der Waals surface area contributed by atoms with Gasteiger partial charge in [-0.25, -0.2) is 0 Å². The topological polar surface area (TPSA) is 41.9 Å². The number of aliphatic imine (C=N–C) groups is 1. The summed E-state index contributed by atoms with van der Waals surface area (Å²) in [6, 6.07) is 26.7. The van der Waals surface area contributed by atoms with Crippen LogP contribution in [0.4, 0.5) is 5.69 Å². The molecule has 4 rings (SSSR count). The summed E-state index contributed by atoms with van der Waals surface area (Å²) in [5, 5.41) is 0. The number of carbonyl (C=O) groups excluding carboxylic acids is 1. The van der Waals surface area contributed by atoms with E-state index in [2.05, 4.69) is 111 Å². The first-order valence-electron chi connectivity index (χ1n) is 17.4. The first kappa shape index (κ1) is 34.9. The maximum absolute atomic E-state index is 12.1. The van der Waals surface area contributed by atoms with Gasteiger partial charge in [0.15, 0.2) is 0 Å². The van der Waals surface area contributed by atoms with Gasteiger partial charge in [-0.15, -0.1) is 0 Å². The van der Waals surface area contributed by atoms with Crippen molar-refractivity contribution in [3.05, 3.63) is 113 Å². The average Bonchev–Trinajstić information content (AvgIpc) is 3.08. The average molecular weight is 619 g/mol. The summed E-state index contributed by atoms with van der Waals surface area (Å²) in [6.45, 7) is 15.8. The Morgan fingerprint density at radius 1 is 0.739 bits per heavy atom. The van der Waals surface area contributed by atoms with Crippen LogP contribution < -0.4 is 4.90 Å². The predicted octanol–water partition coefficient (Wildman–Crippen LogP) is 10.5. The van der Waals surface area contributed by atoms with Gasteiger partial charge in [-0.2, -0.15) is 0 Å². The Kier molecular flexibility index (Phi) is 13.0. The number of nitrogens with zero attached hydrogens (tertiary/aromatic N) is 2. The number of rotatable bonds is 16. The second-order valence-corrected chi connectivity index (χ2v) is 13.0. The minimum Gasteiger partial charge on any atom is -0.465 e. The molecule has 0 atom stereocenters. The third kappa shape index (κ3) is 9.09. The highest BCUT2D eigenvalue weighted by molar-refractivity contribution is 6.19. The van der Waals surface area contributed by atoms with Crippen LogP contribution in [-0.2, 0) is 9.53 Å². The summed E-state index contributed by atoms with van der Waals surface area (Å²) in [4.78, 5) is 19.6. The summed E-state index contributed by atoms with van der Waals surface area (Å²) in [5.41, 5.74) is 10.6. The van der Waals surface area contributed by atoms with Crippen LogP contribution in [0.15, 0.2) is 89.9 Å². The molecule has 244 valence electrons. The third-order valence-corrected chi connectivity index (χ3v) is 9.30. The van der Waals surface area contributed by atoms with E-state index in [4.69, 9.17) is 9.73 Å². The zero-order valence-corrected chi connectivity index (χ0v) is 29.1. The Balaban J connectivity index is 1.44. The molecule has 0 spiro atoms. The van der Waals surface area contributed by atoms with Gasteiger partial charge in [0, 0.05) is 30.9 Å². The summed E-state index contributed by atoms with van der Waals surface area (Å²) >= 11 is 0. The van der Waals surface area contributed by atoms with Crippen molar-refractivity contribution in [2.75, 3.05) is 31.1 Å². The van der Waals surface area contributed by atoms with Gasteiger partial charge in [0.1, 0.15) is 0 Å². The quantitative estimate of drug-likeness (QED) is 0.118. The molecule has 0 bridgehead atoms. The minimum absolute atomic E-state index is 0.0778. The van der Waals surface area contributed by atoms with Gasteiger partial charge in [0.25, 0.3) is 0 Å². The van der Waals surface area contributed by atoms with Crippen LogP contribution in [0.3, 0.4) is 0 Å². The number of unbranched alkanes of at least 4 members (excludes halogenated alkanes) is 5. The van der Waals surface area contributed by atoms with Gasteiger partial charge in [-0.1, -0.05) is 105 Å². The summed E-state index contributed by atoms with van der Waals surface area (Å²) in [6.07, 6.45) is 11.9. The zero-order valence-electron chi connectivity index (χ0n) is 29.1.